The number of fused-ring (bicyclic) bond motifs is 3. The second kappa shape index (κ2) is 4.66. The molecule has 0 spiro atoms. The van der Waals surface area contributed by atoms with Gasteiger partial charge in [0.15, 0.2) is 0 Å². The molecular weight excluding hydrogens is 242 g/mol. The van der Waals surface area contributed by atoms with Crippen LogP contribution >= 0.6 is 0 Å². The van der Waals surface area contributed by atoms with Crippen LogP contribution in [0.15, 0.2) is 54.6 Å². The molecule has 1 heteroatoms. The number of rotatable bonds is 3. The van der Waals surface area contributed by atoms with E-state index in [9.17, 15) is 0 Å². The normalized spacial score (nSPS) is 28.9. The van der Waals surface area contributed by atoms with Gasteiger partial charge in [-0.3, -0.25) is 0 Å². The van der Waals surface area contributed by atoms with Gasteiger partial charge in [0.05, 0.1) is 0 Å². The Morgan fingerprint density at radius 2 is 1.85 bits per heavy atom. The van der Waals surface area contributed by atoms with Crippen LogP contribution in [0.25, 0.3) is 10.8 Å². The van der Waals surface area contributed by atoms with E-state index in [1.165, 1.54) is 29.3 Å². The Balaban J connectivity index is 1.60. The van der Waals surface area contributed by atoms with Crippen molar-refractivity contribution in [1.29, 1.82) is 0 Å². The van der Waals surface area contributed by atoms with E-state index in [0.29, 0.717) is 6.04 Å². The van der Waals surface area contributed by atoms with E-state index >= 15 is 0 Å². The molecule has 20 heavy (non-hydrogen) atoms. The van der Waals surface area contributed by atoms with Crippen molar-refractivity contribution in [1.82, 2.24) is 0 Å². The summed E-state index contributed by atoms with van der Waals surface area (Å²) in [6.07, 6.45) is 7.61. The minimum Gasteiger partial charge on any atom is -0.382 e. The molecule has 0 heterocycles. The molecule has 1 N–H and O–H groups in total. The zero-order valence-corrected chi connectivity index (χ0v) is 11.9. The van der Waals surface area contributed by atoms with Gasteiger partial charge in [-0.15, -0.1) is 0 Å². The lowest BCUT2D eigenvalue weighted by atomic mass is 9.87. The number of nitrogens with one attached hydrogen (secondary N) is 1. The molecule has 1 fully saturated rings. The second-order valence-electron chi connectivity index (χ2n) is 6.40. The SMILES string of the molecule is CC(Nc1cccc2ccccc12)C1CC2C=CC1C2. The van der Waals surface area contributed by atoms with E-state index in [-0.39, 0.29) is 0 Å². The standard InChI is InChI=1S/C19H21N/c1-13(18-12-14-9-10-16(18)11-14)20-19-8-4-6-15-5-2-3-7-17(15)19/h2-10,13-14,16,18,20H,11-12H2,1H3. The quantitative estimate of drug-likeness (QED) is 0.780. The largest absolute Gasteiger partial charge is 0.382 e. The third-order valence-corrected chi connectivity index (χ3v) is 5.15. The molecule has 2 aliphatic rings. The summed E-state index contributed by atoms with van der Waals surface area (Å²) in [6, 6.07) is 15.7. The highest BCUT2D eigenvalue weighted by Crippen LogP contribution is 2.45. The molecule has 0 saturated heterocycles. The van der Waals surface area contributed by atoms with Gasteiger partial charge in [-0.25, -0.2) is 0 Å². The van der Waals surface area contributed by atoms with Crippen molar-refractivity contribution in [2.24, 2.45) is 17.8 Å². The zero-order chi connectivity index (χ0) is 13.5. The van der Waals surface area contributed by atoms with Crippen molar-refractivity contribution in [2.45, 2.75) is 25.8 Å². The smallest absolute Gasteiger partial charge is 0.0422 e. The van der Waals surface area contributed by atoms with Crippen molar-refractivity contribution >= 4 is 16.5 Å². The van der Waals surface area contributed by atoms with Gasteiger partial charge in [0, 0.05) is 17.1 Å². The lowest BCUT2D eigenvalue weighted by molar-refractivity contribution is 0.400. The summed E-state index contributed by atoms with van der Waals surface area (Å²) < 4.78 is 0. The van der Waals surface area contributed by atoms with Gasteiger partial charge in [-0.2, -0.15) is 0 Å². The third-order valence-electron chi connectivity index (χ3n) is 5.15. The summed E-state index contributed by atoms with van der Waals surface area (Å²) in [5.41, 5.74) is 1.28. The van der Waals surface area contributed by atoms with Crippen LogP contribution in [-0.2, 0) is 0 Å². The highest BCUT2D eigenvalue weighted by molar-refractivity contribution is 5.93. The van der Waals surface area contributed by atoms with Gasteiger partial charge in [0.25, 0.3) is 0 Å². The highest BCUT2D eigenvalue weighted by atomic mass is 14.9. The Kier molecular flexibility index (Phi) is 2.80. The summed E-state index contributed by atoms with van der Waals surface area (Å²) in [7, 11) is 0. The lowest BCUT2D eigenvalue weighted by Gasteiger charge is -2.27. The molecule has 102 valence electrons. The third kappa shape index (κ3) is 1.93. The molecule has 2 aromatic carbocycles. The van der Waals surface area contributed by atoms with Crippen molar-refractivity contribution in [3.8, 4) is 0 Å². The Bertz CT molecular complexity index is 652. The summed E-state index contributed by atoms with van der Waals surface area (Å²) in [5, 5.41) is 6.43. The summed E-state index contributed by atoms with van der Waals surface area (Å²) in [5.74, 6) is 2.45. The Hall–Kier alpha value is -1.76. The van der Waals surface area contributed by atoms with Crippen molar-refractivity contribution in [2.75, 3.05) is 5.32 Å². The predicted octanol–water partition coefficient (Wildman–Crippen LogP) is 4.85. The molecule has 0 aliphatic heterocycles. The summed E-state index contributed by atoms with van der Waals surface area (Å²) in [4.78, 5) is 0. The number of hydrogen-bond acceptors (Lipinski definition) is 1. The van der Waals surface area contributed by atoms with Gasteiger partial charge in [-0.1, -0.05) is 48.6 Å². The fourth-order valence-electron chi connectivity index (χ4n) is 4.10. The number of hydrogen-bond donors (Lipinski definition) is 1. The first-order valence-corrected chi connectivity index (χ1v) is 7.74. The van der Waals surface area contributed by atoms with Crippen molar-refractivity contribution in [3.05, 3.63) is 54.6 Å². The Morgan fingerprint density at radius 1 is 1.00 bits per heavy atom. The number of benzene rings is 2. The van der Waals surface area contributed by atoms with Crippen LogP contribution in [0.1, 0.15) is 19.8 Å². The van der Waals surface area contributed by atoms with E-state index in [4.69, 9.17) is 0 Å². The summed E-state index contributed by atoms with van der Waals surface area (Å²) in [6.45, 7) is 2.35. The molecule has 0 amide bonds. The van der Waals surface area contributed by atoms with Gasteiger partial charge in [0.2, 0.25) is 0 Å². The molecule has 1 nitrogen and oxygen atoms in total. The van der Waals surface area contributed by atoms with E-state index in [1.54, 1.807) is 0 Å². The molecule has 2 aromatic rings. The molecular formula is C19H21N. The molecule has 2 aliphatic carbocycles. The van der Waals surface area contributed by atoms with Gasteiger partial charge in [0.1, 0.15) is 0 Å². The molecule has 2 bridgehead atoms. The fraction of sp³-hybridized carbons (Fsp3) is 0.368. The first kappa shape index (κ1) is 12.0. The fourth-order valence-corrected chi connectivity index (χ4v) is 4.10. The van der Waals surface area contributed by atoms with Gasteiger partial charge < -0.3 is 5.32 Å². The van der Waals surface area contributed by atoms with Crippen molar-refractivity contribution < 1.29 is 0 Å². The van der Waals surface area contributed by atoms with Crippen LogP contribution in [0.5, 0.6) is 0 Å². The number of anilines is 1. The maximum atomic E-state index is 3.78. The van der Waals surface area contributed by atoms with Crippen LogP contribution in [0, 0.1) is 17.8 Å². The minimum atomic E-state index is 0.542. The highest BCUT2D eigenvalue weighted by Gasteiger charge is 2.38. The van der Waals surface area contributed by atoms with Gasteiger partial charge in [-0.05, 0) is 49.0 Å². The van der Waals surface area contributed by atoms with Gasteiger partial charge >= 0.3 is 0 Å². The van der Waals surface area contributed by atoms with Crippen LogP contribution in [0.2, 0.25) is 0 Å². The van der Waals surface area contributed by atoms with Crippen molar-refractivity contribution in [3.63, 3.8) is 0 Å². The maximum Gasteiger partial charge on any atom is 0.0422 e. The first-order valence-electron chi connectivity index (χ1n) is 7.74. The Morgan fingerprint density at radius 3 is 2.65 bits per heavy atom. The predicted molar refractivity (Wildman–Crippen MR) is 85.9 cm³/mol. The van der Waals surface area contributed by atoms with E-state index in [0.717, 1.165) is 17.8 Å². The second-order valence-corrected chi connectivity index (χ2v) is 6.40. The maximum absolute atomic E-state index is 3.78. The average molecular weight is 263 g/mol. The molecule has 4 atom stereocenters. The van der Waals surface area contributed by atoms with Crippen LogP contribution in [0.3, 0.4) is 0 Å². The summed E-state index contributed by atoms with van der Waals surface area (Å²) >= 11 is 0. The topological polar surface area (TPSA) is 12.0 Å². The molecule has 4 rings (SSSR count). The van der Waals surface area contributed by atoms with Crippen LogP contribution in [0.4, 0.5) is 5.69 Å². The minimum absolute atomic E-state index is 0.542. The molecule has 0 aromatic heterocycles. The molecule has 0 radical (unpaired) electrons. The lowest BCUT2D eigenvalue weighted by Crippen LogP contribution is -2.28. The monoisotopic (exact) mass is 263 g/mol. The zero-order valence-electron chi connectivity index (χ0n) is 11.9. The number of allylic oxidation sites excluding steroid dienone is 2. The average Bonchev–Trinajstić information content (AvgIpc) is 3.10. The molecule has 4 unspecified atom stereocenters. The van der Waals surface area contributed by atoms with E-state index in [2.05, 4.69) is 66.9 Å². The molecule has 1 saturated carbocycles. The van der Waals surface area contributed by atoms with E-state index in [1.807, 2.05) is 0 Å². The van der Waals surface area contributed by atoms with Crippen LogP contribution < -0.4 is 5.32 Å². The Labute approximate surface area is 120 Å². The first-order chi connectivity index (χ1) is 9.81. The van der Waals surface area contributed by atoms with E-state index < -0.39 is 0 Å². The van der Waals surface area contributed by atoms with Crippen LogP contribution in [-0.4, -0.2) is 6.04 Å².